The van der Waals surface area contributed by atoms with Crippen LogP contribution in [-0.4, -0.2) is 41.8 Å². The Morgan fingerprint density at radius 2 is 1.91 bits per heavy atom. The third-order valence-electron chi connectivity index (χ3n) is 6.11. The fourth-order valence-corrected chi connectivity index (χ4v) is 6.24. The molecule has 9 heteroatoms. The van der Waals surface area contributed by atoms with Gasteiger partial charge in [-0.05, 0) is 42.3 Å². The van der Waals surface area contributed by atoms with E-state index >= 15 is 0 Å². The zero-order valence-electron chi connectivity index (χ0n) is 18.5. The fraction of sp³-hybridized carbons (Fsp3) is 0.200. The first-order valence-corrected chi connectivity index (χ1v) is 12.5. The first-order chi connectivity index (χ1) is 16.4. The van der Waals surface area contributed by atoms with Crippen molar-refractivity contribution < 1.29 is 13.2 Å². The number of benzene rings is 2. The number of hydrogen-bond donors (Lipinski definition) is 2. The van der Waals surface area contributed by atoms with Gasteiger partial charge in [-0.25, -0.2) is 13.4 Å². The second-order valence-electron chi connectivity index (χ2n) is 8.40. The lowest BCUT2D eigenvalue weighted by molar-refractivity contribution is -0.134. The molecule has 1 atom stereocenters. The van der Waals surface area contributed by atoms with E-state index in [9.17, 15) is 13.2 Å². The molecule has 1 aliphatic rings. The maximum atomic E-state index is 14.0. The van der Waals surface area contributed by atoms with Gasteiger partial charge in [-0.15, -0.1) is 0 Å². The molecule has 0 saturated carbocycles. The number of hydrogen-bond acceptors (Lipinski definition) is 5. The third-order valence-corrected chi connectivity index (χ3v) is 7.98. The Balaban J connectivity index is 1.58. The van der Waals surface area contributed by atoms with Crippen LogP contribution in [0.1, 0.15) is 18.4 Å². The van der Waals surface area contributed by atoms with Crippen molar-refractivity contribution in [1.82, 2.24) is 14.9 Å². The number of carbonyl (C=O) groups is 1. The zero-order chi connectivity index (χ0) is 23.7. The maximum Gasteiger partial charge on any atom is 0.264 e. The van der Waals surface area contributed by atoms with E-state index in [0.717, 1.165) is 5.56 Å². The van der Waals surface area contributed by atoms with Crippen molar-refractivity contribution in [3.05, 3.63) is 84.7 Å². The Labute approximate surface area is 198 Å². The fourth-order valence-electron chi connectivity index (χ4n) is 4.49. The Morgan fingerprint density at radius 3 is 2.71 bits per heavy atom. The van der Waals surface area contributed by atoms with E-state index in [2.05, 4.69) is 9.97 Å². The number of amides is 1. The Kier molecular flexibility index (Phi) is 5.70. The number of nitrogens with two attached hydrogens (primary N) is 1. The van der Waals surface area contributed by atoms with Crippen LogP contribution in [0.15, 0.2) is 84.0 Å². The van der Waals surface area contributed by atoms with Gasteiger partial charge in [0.2, 0.25) is 5.91 Å². The summed E-state index contributed by atoms with van der Waals surface area (Å²) in [5.74, 6) is 0.0166. The first-order valence-electron chi connectivity index (χ1n) is 11.1. The number of nitrogens with zero attached hydrogens (tertiary/aromatic N) is 3. The van der Waals surface area contributed by atoms with Crippen molar-refractivity contribution in [3.8, 4) is 0 Å². The molecule has 174 valence electrons. The minimum atomic E-state index is -3.99. The summed E-state index contributed by atoms with van der Waals surface area (Å²) in [7, 11) is -3.99. The summed E-state index contributed by atoms with van der Waals surface area (Å²) in [6.45, 7) is 0.710. The van der Waals surface area contributed by atoms with Gasteiger partial charge in [0.25, 0.3) is 10.0 Å². The van der Waals surface area contributed by atoms with Gasteiger partial charge in [-0.2, -0.15) is 0 Å². The van der Waals surface area contributed by atoms with Gasteiger partial charge in [0.05, 0.1) is 16.6 Å². The van der Waals surface area contributed by atoms with E-state index in [4.69, 9.17) is 5.73 Å². The maximum absolute atomic E-state index is 14.0. The molecule has 1 amide bonds. The molecule has 1 saturated heterocycles. The molecule has 34 heavy (non-hydrogen) atoms. The van der Waals surface area contributed by atoms with Crippen LogP contribution in [0.2, 0.25) is 0 Å². The van der Waals surface area contributed by atoms with Gasteiger partial charge in [0.1, 0.15) is 5.65 Å². The number of carbonyl (C=O) groups excluding carboxylic acids is 1. The number of nitrogen functional groups attached to an aromatic ring is 1. The predicted octanol–water partition coefficient (Wildman–Crippen LogP) is 3.53. The molecule has 0 spiro atoms. The van der Waals surface area contributed by atoms with Crippen molar-refractivity contribution in [2.75, 3.05) is 16.6 Å². The zero-order valence-corrected chi connectivity index (χ0v) is 19.3. The van der Waals surface area contributed by atoms with Crippen molar-refractivity contribution in [2.45, 2.75) is 30.3 Å². The molecule has 8 nitrogen and oxygen atoms in total. The van der Waals surface area contributed by atoms with Crippen LogP contribution >= 0.6 is 0 Å². The van der Waals surface area contributed by atoms with Crippen molar-refractivity contribution in [3.63, 3.8) is 0 Å². The number of nitrogens with one attached hydrogen (secondary N) is 1. The van der Waals surface area contributed by atoms with Gasteiger partial charge in [0.15, 0.2) is 0 Å². The molecule has 5 rings (SSSR count). The number of anilines is 2. The van der Waals surface area contributed by atoms with Gasteiger partial charge in [-0.1, -0.05) is 36.4 Å². The lowest BCUT2D eigenvalue weighted by atomic mass is 10.0. The first kappa shape index (κ1) is 22.0. The van der Waals surface area contributed by atoms with E-state index < -0.39 is 16.1 Å². The second-order valence-corrected chi connectivity index (χ2v) is 10.2. The SMILES string of the molecule is Nc1cccc(S(=O)(=O)N(c2ccnc3[nH]ccc23)C2CCC(=O)N(Cc3ccccc3)C2)c1. The van der Waals surface area contributed by atoms with Gasteiger partial charge in [0, 0.05) is 43.0 Å². The molecule has 2 aromatic heterocycles. The minimum absolute atomic E-state index is 0.0166. The highest BCUT2D eigenvalue weighted by Gasteiger charge is 2.37. The van der Waals surface area contributed by atoms with Crippen molar-refractivity contribution in [1.29, 1.82) is 0 Å². The molecule has 2 aromatic carbocycles. The monoisotopic (exact) mass is 475 g/mol. The third kappa shape index (κ3) is 4.10. The van der Waals surface area contributed by atoms with Crippen LogP contribution in [0.5, 0.6) is 0 Å². The molecule has 3 heterocycles. The van der Waals surface area contributed by atoms with Crippen LogP contribution in [0.3, 0.4) is 0 Å². The highest BCUT2D eigenvalue weighted by Crippen LogP contribution is 2.35. The molecule has 3 N–H and O–H groups in total. The van der Waals surface area contributed by atoms with Crippen LogP contribution in [0.25, 0.3) is 11.0 Å². The molecule has 1 fully saturated rings. The second kappa shape index (κ2) is 8.83. The summed E-state index contributed by atoms with van der Waals surface area (Å²) in [4.78, 5) is 22.0. The topological polar surface area (TPSA) is 112 Å². The number of rotatable bonds is 6. The van der Waals surface area contributed by atoms with E-state index in [1.54, 1.807) is 41.6 Å². The van der Waals surface area contributed by atoms with Gasteiger partial charge >= 0.3 is 0 Å². The molecule has 0 radical (unpaired) electrons. The number of aromatic amines is 1. The number of aromatic nitrogens is 2. The highest BCUT2D eigenvalue weighted by molar-refractivity contribution is 7.92. The number of sulfonamides is 1. The minimum Gasteiger partial charge on any atom is -0.399 e. The number of fused-ring (bicyclic) bond motifs is 1. The Bertz CT molecular complexity index is 1440. The van der Waals surface area contributed by atoms with E-state index in [1.807, 2.05) is 36.4 Å². The summed E-state index contributed by atoms with van der Waals surface area (Å²) >= 11 is 0. The van der Waals surface area contributed by atoms with Crippen LogP contribution in [0.4, 0.5) is 11.4 Å². The molecule has 0 bridgehead atoms. The summed E-state index contributed by atoms with van der Waals surface area (Å²) in [6, 6.07) is 19.1. The van der Waals surface area contributed by atoms with Crippen LogP contribution < -0.4 is 10.0 Å². The lowest BCUT2D eigenvalue weighted by Crippen LogP contribution is -2.52. The smallest absolute Gasteiger partial charge is 0.264 e. The van der Waals surface area contributed by atoms with Crippen LogP contribution in [0, 0.1) is 0 Å². The molecule has 1 unspecified atom stereocenters. The standard InChI is InChI=1S/C25H25N5O3S/c26-19-7-4-8-21(15-19)34(32,33)30(23-12-14-28-25-22(23)11-13-27-25)20-9-10-24(31)29(17-20)16-18-5-2-1-3-6-18/h1-8,11-15,20H,9-10,16-17,26H2,(H,27,28). The summed E-state index contributed by atoms with van der Waals surface area (Å²) in [5.41, 5.74) is 8.41. The van der Waals surface area contributed by atoms with Crippen LogP contribution in [-0.2, 0) is 21.4 Å². The summed E-state index contributed by atoms with van der Waals surface area (Å²) in [6.07, 6.45) is 4.01. The Morgan fingerprint density at radius 1 is 1.09 bits per heavy atom. The summed E-state index contributed by atoms with van der Waals surface area (Å²) in [5, 5.41) is 0.696. The van der Waals surface area contributed by atoms with E-state index in [0.29, 0.717) is 35.4 Å². The van der Waals surface area contributed by atoms with Gasteiger partial charge in [-0.3, -0.25) is 9.10 Å². The number of H-pyrrole nitrogens is 1. The number of likely N-dealkylation sites (tertiary alicyclic amines) is 1. The van der Waals surface area contributed by atoms with Gasteiger partial charge < -0.3 is 15.6 Å². The largest absolute Gasteiger partial charge is 0.399 e. The van der Waals surface area contributed by atoms with E-state index in [-0.39, 0.29) is 23.8 Å². The summed E-state index contributed by atoms with van der Waals surface area (Å²) < 4.78 is 29.5. The van der Waals surface area contributed by atoms with Crippen molar-refractivity contribution in [2.24, 2.45) is 0 Å². The normalized spacial score (nSPS) is 16.6. The molecule has 1 aliphatic heterocycles. The highest BCUT2D eigenvalue weighted by atomic mass is 32.2. The average molecular weight is 476 g/mol. The predicted molar refractivity (Wildman–Crippen MR) is 131 cm³/mol. The lowest BCUT2D eigenvalue weighted by Gasteiger charge is -2.39. The number of pyridine rings is 1. The molecular formula is C25H25N5O3S. The molecular weight excluding hydrogens is 450 g/mol. The average Bonchev–Trinajstić information content (AvgIpc) is 3.32. The Hall–Kier alpha value is -3.85. The molecule has 4 aromatic rings. The quantitative estimate of drug-likeness (QED) is 0.414. The number of piperidine rings is 1. The van der Waals surface area contributed by atoms with E-state index in [1.165, 1.54) is 10.4 Å². The molecule has 0 aliphatic carbocycles. The van der Waals surface area contributed by atoms with Crippen molar-refractivity contribution >= 4 is 38.3 Å².